The number of rotatable bonds is 6. The molecule has 1 saturated heterocycles. The van der Waals surface area contributed by atoms with Crippen molar-refractivity contribution in [3.05, 3.63) is 65.2 Å². The minimum absolute atomic E-state index is 0.0989. The third kappa shape index (κ3) is 4.13. The van der Waals surface area contributed by atoms with E-state index in [1.165, 1.54) is 5.56 Å². The molecule has 162 valence electrons. The minimum Gasteiger partial charge on any atom is -0.496 e. The van der Waals surface area contributed by atoms with Crippen LogP contribution in [0.2, 0.25) is 0 Å². The molecule has 1 aliphatic carbocycles. The van der Waals surface area contributed by atoms with E-state index in [0.717, 1.165) is 35.3 Å². The van der Waals surface area contributed by atoms with Gasteiger partial charge in [0.05, 0.1) is 13.2 Å². The monoisotopic (exact) mass is 421 g/mol. The lowest BCUT2D eigenvalue weighted by Gasteiger charge is -2.27. The Bertz CT molecular complexity index is 1020. The lowest BCUT2D eigenvalue weighted by Crippen LogP contribution is -2.47. The number of fused-ring (bicyclic) bond motifs is 1. The minimum atomic E-state index is -1.14. The van der Waals surface area contributed by atoms with Gasteiger partial charge in [0.2, 0.25) is 5.91 Å². The first-order valence-corrected chi connectivity index (χ1v) is 10.5. The Morgan fingerprint density at radius 2 is 1.94 bits per heavy atom. The number of ether oxygens (including phenoxy) is 1. The van der Waals surface area contributed by atoms with Crippen LogP contribution in [0.5, 0.6) is 5.75 Å². The molecule has 2 atom stereocenters. The fourth-order valence-electron chi connectivity index (χ4n) is 4.53. The molecule has 1 aliphatic heterocycles. The Balaban J connectivity index is 1.44. The molecule has 2 aliphatic rings. The van der Waals surface area contributed by atoms with E-state index in [0.29, 0.717) is 5.75 Å². The van der Waals surface area contributed by atoms with Crippen LogP contribution in [0.4, 0.5) is 4.79 Å². The highest BCUT2D eigenvalue weighted by molar-refractivity contribution is 6.09. The summed E-state index contributed by atoms with van der Waals surface area (Å²) in [4.78, 5) is 39.4. The molecule has 0 saturated carbocycles. The van der Waals surface area contributed by atoms with Crippen LogP contribution in [0.15, 0.2) is 48.5 Å². The highest BCUT2D eigenvalue weighted by Crippen LogP contribution is 2.30. The van der Waals surface area contributed by atoms with Crippen molar-refractivity contribution in [2.24, 2.45) is 0 Å². The normalized spacial score (nSPS) is 22.6. The van der Waals surface area contributed by atoms with E-state index in [2.05, 4.69) is 16.7 Å². The van der Waals surface area contributed by atoms with Gasteiger partial charge in [0.15, 0.2) is 0 Å². The summed E-state index contributed by atoms with van der Waals surface area (Å²) in [5.74, 6) is -0.104. The van der Waals surface area contributed by atoms with Crippen molar-refractivity contribution in [2.45, 2.75) is 44.2 Å². The molecule has 4 amide bonds. The molecule has 0 spiro atoms. The Hall–Kier alpha value is -3.35. The van der Waals surface area contributed by atoms with Crippen molar-refractivity contribution in [3.8, 4) is 5.75 Å². The van der Waals surface area contributed by atoms with E-state index in [1.54, 1.807) is 14.0 Å². The van der Waals surface area contributed by atoms with Crippen LogP contribution in [0.3, 0.4) is 0 Å². The number of nitrogens with zero attached hydrogens (tertiary/aromatic N) is 1. The zero-order valence-electron chi connectivity index (χ0n) is 17.8. The maximum atomic E-state index is 13.1. The highest BCUT2D eigenvalue weighted by atomic mass is 16.5. The zero-order chi connectivity index (χ0) is 22.0. The molecule has 2 aromatic rings. The third-order valence-corrected chi connectivity index (χ3v) is 6.09. The topological polar surface area (TPSA) is 87.7 Å². The molecule has 0 bridgehead atoms. The third-order valence-electron chi connectivity index (χ3n) is 6.09. The Labute approximate surface area is 181 Å². The predicted octanol–water partition coefficient (Wildman–Crippen LogP) is 2.74. The summed E-state index contributed by atoms with van der Waals surface area (Å²) < 4.78 is 5.37. The first-order valence-electron chi connectivity index (χ1n) is 10.5. The number of hydrogen-bond acceptors (Lipinski definition) is 4. The lowest BCUT2D eigenvalue weighted by atomic mass is 9.88. The fraction of sp³-hybridized carbons (Fsp3) is 0.375. The zero-order valence-corrected chi connectivity index (χ0v) is 17.8. The van der Waals surface area contributed by atoms with Crippen molar-refractivity contribution < 1.29 is 19.1 Å². The Morgan fingerprint density at radius 3 is 2.74 bits per heavy atom. The number of carbonyl (C=O) groups excluding carboxylic acids is 3. The van der Waals surface area contributed by atoms with Crippen LogP contribution in [0.1, 0.15) is 42.5 Å². The average molecular weight is 421 g/mol. The van der Waals surface area contributed by atoms with Gasteiger partial charge in [-0.3, -0.25) is 14.5 Å². The summed E-state index contributed by atoms with van der Waals surface area (Å²) in [5, 5.41) is 5.76. The number of carbonyl (C=O) groups is 3. The number of hydrogen-bond donors (Lipinski definition) is 2. The smallest absolute Gasteiger partial charge is 0.325 e. The van der Waals surface area contributed by atoms with Gasteiger partial charge in [-0.1, -0.05) is 42.5 Å². The molecule has 31 heavy (non-hydrogen) atoms. The highest BCUT2D eigenvalue weighted by Gasteiger charge is 2.48. The van der Waals surface area contributed by atoms with E-state index in [4.69, 9.17) is 4.74 Å². The van der Waals surface area contributed by atoms with E-state index in [9.17, 15) is 14.4 Å². The van der Waals surface area contributed by atoms with E-state index >= 15 is 0 Å². The van der Waals surface area contributed by atoms with Gasteiger partial charge < -0.3 is 15.4 Å². The summed E-state index contributed by atoms with van der Waals surface area (Å²) >= 11 is 0. The lowest BCUT2D eigenvalue weighted by molar-refractivity contribution is -0.134. The second-order valence-electron chi connectivity index (χ2n) is 8.35. The number of aryl methyl sites for hydroxylation is 1. The number of para-hydroxylation sites is 1. The van der Waals surface area contributed by atoms with Crippen molar-refractivity contribution >= 4 is 17.8 Å². The average Bonchev–Trinajstić information content (AvgIpc) is 2.97. The van der Waals surface area contributed by atoms with Crippen LogP contribution < -0.4 is 15.4 Å². The van der Waals surface area contributed by atoms with Gasteiger partial charge in [-0.15, -0.1) is 0 Å². The largest absolute Gasteiger partial charge is 0.496 e. The van der Waals surface area contributed by atoms with Gasteiger partial charge in [-0.2, -0.15) is 0 Å². The first kappa shape index (κ1) is 20.9. The van der Waals surface area contributed by atoms with Crippen molar-refractivity contribution in [1.29, 1.82) is 0 Å². The van der Waals surface area contributed by atoms with Gasteiger partial charge in [0.1, 0.15) is 17.8 Å². The standard InChI is InChI=1S/C24H27N3O4/c1-24(14-17-9-4-6-13-20(17)31-2)22(29)27(23(30)26-24)15-21(28)25-19-12-7-10-16-8-3-5-11-18(16)19/h3-6,8-9,11,13,19H,7,10,12,14-15H2,1-2H3,(H,25,28)(H,26,30)/t19-,24-/m1/s1. The molecule has 0 radical (unpaired) electrons. The van der Waals surface area contributed by atoms with Crippen LogP contribution in [-0.2, 0) is 22.4 Å². The summed E-state index contributed by atoms with van der Waals surface area (Å²) in [6, 6.07) is 14.8. The molecule has 0 unspecified atom stereocenters. The number of urea groups is 1. The second kappa shape index (κ2) is 8.41. The van der Waals surface area contributed by atoms with Crippen molar-refractivity contribution in [1.82, 2.24) is 15.5 Å². The van der Waals surface area contributed by atoms with E-state index in [-0.39, 0.29) is 24.9 Å². The number of benzene rings is 2. The van der Waals surface area contributed by atoms with Crippen LogP contribution in [0.25, 0.3) is 0 Å². The van der Waals surface area contributed by atoms with E-state index in [1.807, 2.05) is 42.5 Å². The maximum Gasteiger partial charge on any atom is 0.325 e. The number of nitrogens with one attached hydrogen (secondary N) is 2. The summed E-state index contributed by atoms with van der Waals surface area (Å²) in [7, 11) is 1.57. The van der Waals surface area contributed by atoms with Crippen molar-refractivity contribution in [2.75, 3.05) is 13.7 Å². The Kier molecular flexibility index (Phi) is 5.67. The van der Waals surface area contributed by atoms with Crippen LogP contribution in [-0.4, -0.2) is 41.9 Å². The molecule has 1 heterocycles. The summed E-state index contributed by atoms with van der Waals surface area (Å²) in [6.45, 7) is 1.37. The van der Waals surface area contributed by atoms with Crippen molar-refractivity contribution in [3.63, 3.8) is 0 Å². The first-order chi connectivity index (χ1) is 14.9. The molecular weight excluding hydrogens is 394 g/mol. The predicted molar refractivity (Wildman–Crippen MR) is 116 cm³/mol. The van der Waals surface area contributed by atoms with Gasteiger partial charge in [-0.05, 0) is 48.9 Å². The molecule has 7 heteroatoms. The van der Waals surface area contributed by atoms with Gasteiger partial charge >= 0.3 is 6.03 Å². The molecule has 2 aromatic carbocycles. The summed E-state index contributed by atoms with van der Waals surface area (Å²) in [5.41, 5.74) is 2.02. The SMILES string of the molecule is COc1ccccc1C[C@@]1(C)NC(=O)N(CC(=O)N[C@@H]2CCCc3ccccc32)C1=O. The number of methoxy groups -OCH3 is 1. The second-order valence-corrected chi connectivity index (χ2v) is 8.35. The quantitative estimate of drug-likeness (QED) is 0.702. The Morgan fingerprint density at radius 1 is 1.19 bits per heavy atom. The maximum absolute atomic E-state index is 13.1. The van der Waals surface area contributed by atoms with Gasteiger partial charge in [-0.25, -0.2) is 4.79 Å². The molecular formula is C24H27N3O4. The van der Waals surface area contributed by atoms with Crippen LogP contribution >= 0.6 is 0 Å². The molecule has 0 aromatic heterocycles. The molecule has 4 rings (SSSR count). The number of imide groups is 1. The summed E-state index contributed by atoms with van der Waals surface area (Å²) in [6.07, 6.45) is 3.10. The molecule has 7 nitrogen and oxygen atoms in total. The van der Waals surface area contributed by atoms with Gasteiger partial charge in [0.25, 0.3) is 5.91 Å². The van der Waals surface area contributed by atoms with Gasteiger partial charge in [0, 0.05) is 6.42 Å². The number of amides is 4. The van der Waals surface area contributed by atoms with Crippen LogP contribution in [0, 0.1) is 0 Å². The molecule has 1 fully saturated rings. The molecule has 2 N–H and O–H groups in total. The van der Waals surface area contributed by atoms with E-state index < -0.39 is 17.5 Å². The fourth-order valence-corrected chi connectivity index (χ4v) is 4.53.